The summed E-state index contributed by atoms with van der Waals surface area (Å²) in [5.74, 6) is -2.14. The summed E-state index contributed by atoms with van der Waals surface area (Å²) in [6.45, 7) is 7.02. The second-order valence-electron chi connectivity index (χ2n) is 12.5. The van der Waals surface area contributed by atoms with Crippen molar-refractivity contribution in [3.63, 3.8) is 0 Å². The number of aromatic nitrogens is 4. The third-order valence-electron chi connectivity index (χ3n) is 8.16. The van der Waals surface area contributed by atoms with Crippen LogP contribution in [0.3, 0.4) is 0 Å². The lowest BCUT2D eigenvalue weighted by Crippen LogP contribution is -2.44. The minimum absolute atomic E-state index is 0.105. The number of nitrogens with zero attached hydrogens (tertiary/aromatic N) is 5. The largest absolute Gasteiger partial charge is 0.858 e. The molecule has 254 valence electrons. The van der Waals surface area contributed by atoms with E-state index in [2.05, 4.69) is 19.9 Å². The second kappa shape index (κ2) is 12.5. The van der Waals surface area contributed by atoms with Crippen LogP contribution in [-0.2, 0) is 49.7 Å². The van der Waals surface area contributed by atoms with Gasteiger partial charge in [0.1, 0.15) is 43.6 Å². The highest BCUT2D eigenvalue weighted by Gasteiger charge is 2.61. The number of fused-ring (bicyclic) bond motifs is 2. The predicted molar refractivity (Wildman–Crippen MR) is 163 cm³/mol. The fraction of sp³-hybridized carbons (Fsp3) is 0.586. The monoisotopic (exact) mass is 692 g/mol. The molecule has 0 bridgehead atoms. The molecule has 3 aromatic rings. The highest BCUT2D eigenvalue weighted by Crippen LogP contribution is 2.59. The van der Waals surface area contributed by atoms with Crippen LogP contribution in [0.1, 0.15) is 45.9 Å². The Bertz CT molecular complexity index is 1630. The van der Waals surface area contributed by atoms with Crippen molar-refractivity contribution in [3.05, 3.63) is 48.5 Å². The van der Waals surface area contributed by atoms with Crippen LogP contribution in [0.15, 0.2) is 48.0 Å². The third-order valence-corrected chi connectivity index (χ3v) is 9.72. The number of benzene rings is 1. The summed E-state index contributed by atoms with van der Waals surface area (Å²) in [6.07, 6.45) is -3.29. The molecule has 2 N–H and O–H groups in total. The van der Waals surface area contributed by atoms with Crippen LogP contribution < -0.4 is 5.11 Å². The molecule has 6 heterocycles. The minimum Gasteiger partial charge on any atom is -0.858 e. The van der Waals surface area contributed by atoms with Gasteiger partial charge in [-0.05, 0) is 39.2 Å². The Labute approximate surface area is 275 Å². The molecule has 1 aromatic carbocycles. The Morgan fingerprint density at radius 3 is 2.62 bits per heavy atom. The van der Waals surface area contributed by atoms with Gasteiger partial charge >= 0.3 is 0 Å². The Balaban J connectivity index is 1.02. The van der Waals surface area contributed by atoms with Gasteiger partial charge in [0.25, 0.3) is 7.15 Å². The van der Waals surface area contributed by atoms with E-state index >= 15 is 0 Å². The molecule has 0 saturated carbocycles. The maximum atomic E-state index is 12.7. The van der Waals surface area contributed by atoms with Crippen LogP contribution >= 0.6 is 7.15 Å². The normalized spacial score (nSPS) is 34.6. The average molecular weight is 693 g/mol. The maximum absolute atomic E-state index is 12.7. The molecule has 1 unspecified atom stereocenters. The summed E-state index contributed by atoms with van der Waals surface area (Å²) in [5, 5.41) is 23.5. The average Bonchev–Trinajstić information content (AvgIpc) is 3.82. The number of hydrogen-bond acceptors (Lipinski definition) is 16. The fourth-order valence-corrected chi connectivity index (χ4v) is 7.49. The quantitative estimate of drug-likeness (QED) is 0.142. The lowest BCUT2D eigenvalue weighted by atomic mass is 10.1. The standard InChI is InChI=1S/C29H36N5O11PS/c1-28(2)38-11-18(42-28)21-22(23-27(41-21)44-29(3,4)43-23)45-46(37,47)39-12-17-16(35)10-19(40-17)34-14-32-20-24(30-13-31-25(20)34)33-26(36)15-8-6-5-7-9-15/h5-9,13-14,16-19,21-23,27,35H,10-12H2,1-4H3,(H,37,47)(H,30,31,33,36)/p-1/t16-,17+,18+,19+,21+,22-,23+,27+,46?/m0/s1. The molecule has 47 heavy (non-hydrogen) atoms. The fourth-order valence-electron chi connectivity index (χ4n) is 6.06. The number of hydrogen-bond donors (Lipinski definition) is 2. The minimum atomic E-state index is -3.94. The van der Waals surface area contributed by atoms with E-state index in [1.54, 1.807) is 62.6 Å². The van der Waals surface area contributed by atoms with Crippen molar-refractivity contribution in [2.24, 2.45) is 4.99 Å². The molecule has 0 spiro atoms. The van der Waals surface area contributed by atoms with E-state index in [9.17, 15) is 15.1 Å². The van der Waals surface area contributed by atoms with Gasteiger partial charge in [0.2, 0.25) is 0 Å². The zero-order valence-electron chi connectivity index (χ0n) is 25.9. The molecule has 2 aromatic heterocycles. The Hall–Kier alpha value is -2.38. The van der Waals surface area contributed by atoms with Gasteiger partial charge in [-0.2, -0.15) is 9.05 Å². The number of aliphatic imine (C=N–C) groups is 1. The first kappa shape index (κ1) is 33.1. The van der Waals surface area contributed by atoms with Crippen molar-refractivity contribution in [1.82, 2.24) is 19.5 Å². The number of imidazole rings is 1. The predicted octanol–water partition coefficient (Wildman–Crippen LogP) is 1.56. The maximum Gasteiger partial charge on any atom is 0.287 e. The molecule has 18 heteroatoms. The molecule has 7 rings (SSSR count). The highest BCUT2D eigenvalue weighted by molar-refractivity contribution is 8.35. The Morgan fingerprint density at radius 1 is 1.09 bits per heavy atom. The van der Waals surface area contributed by atoms with Crippen LogP contribution in [0.2, 0.25) is 0 Å². The molecule has 4 saturated heterocycles. The van der Waals surface area contributed by atoms with Gasteiger partial charge in [-0.25, -0.2) is 24.8 Å². The van der Waals surface area contributed by atoms with Gasteiger partial charge in [-0.15, -0.1) is 0 Å². The summed E-state index contributed by atoms with van der Waals surface area (Å²) in [7, 11) is -3.94. The zero-order valence-corrected chi connectivity index (χ0v) is 27.7. The van der Waals surface area contributed by atoms with E-state index in [-0.39, 0.29) is 25.5 Å². The molecular weight excluding hydrogens is 657 g/mol. The lowest BCUT2D eigenvalue weighted by Gasteiger charge is -2.32. The van der Waals surface area contributed by atoms with Gasteiger partial charge in [0.05, 0.1) is 19.0 Å². The van der Waals surface area contributed by atoms with Crippen molar-refractivity contribution in [2.75, 3.05) is 13.2 Å². The summed E-state index contributed by atoms with van der Waals surface area (Å²) in [4.78, 5) is 28.1. The van der Waals surface area contributed by atoms with Crippen molar-refractivity contribution in [1.29, 1.82) is 0 Å². The van der Waals surface area contributed by atoms with Crippen molar-refractivity contribution >= 4 is 42.3 Å². The van der Waals surface area contributed by atoms with Crippen molar-refractivity contribution < 1.29 is 52.6 Å². The van der Waals surface area contributed by atoms with Gasteiger partial charge in [-0.1, -0.05) is 30.3 Å². The van der Waals surface area contributed by atoms with Gasteiger partial charge < -0.3 is 50.9 Å². The molecule has 0 radical (unpaired) electrons. The van der Waals surface area contributed by atoms with Crippen molar-refractivity contribution in [2.45, 2.75) is 94.8 Å². The van der Waals surface area contributed by atoms with E-state index in [1.807, 2.05) is 0 Å². The number of rotatable bonds is 9. The molecule has 9 atom stereocenters. The zero-order chi connectivity index (χ0) is 33.1. The SMILES string of the molecule is CC1(C)O[C@H]2O[C@H]([C@H]3COC(C)(C)O3)[C@H](O[P+](O)([S-])OC[C@H]3O[C@@H](n4cnc5c(N=C([O-])c6ccccc6)ncnc54)C[C@@H]3O)[C@H]2O1. The summed E-state index contributed by atoms with van der Waals surface area (Å²) in [5.41, 5.74) is 1.06. The molecule has 4 fully saturated rings. The van der Waals surface area contributed by atoms with Gasteiger partial charge in [0.15, 0.2) is 40.9 Å². The van der Waals surface area contributed by atoms with E-state index in [0.717, 1.165) is 0 Å². The molecular formula is C29H35N5O11PS-. The first-order valence-electron chi connectivity index (χ1n) is 15.1. The first-order chi connectivity index (χ1) is 22.3. The van der Waals surface area contributed by atoms with Crippen LogP contribution in [0.5, 0.6) is 0 Å². The summed E-state index contributed by atoms with van der Waals surface area (Å²) >= 11 is 5.39. The number of ether oxygens (including phenoxy) is 6. The first-order valence-corrected chi connectivity index (χ1v) is 17.7. The smallest absolute Gasteiger partial charge is 0.287 e. The number of aliphatic hydroxyl groups is 1. The van der Waals surface area contributed by atoms with Crippen LogP contribution in [0.4, 0.5) is 5.82 Å². The molecule has 0 amide bonds. The Kier molecular flexibility index (Phi) is 8.81. The van der Waals surface area contributed by atoms with E-state index < -0.39 is 73.8 Å². The molecule has 16 nitrogen and oxygen atoms in total. The van der Waals surface area contributed by atoms with Gasteiger partial charge in [-0.3, -0.25) is 4.57 Å². The Morgan fingerprint density at radius 2 is 1.87 bits per heavy atom. The van der Waals surface area contributed by atoms with E-state index in [4.69, 9.17) is 49.7 Å². The van der Waals surface area contributed by atoms with E-state index in [1.165, 1.54) is 12.7 Å². The van der Waals surface area contributed by atoms with Crippen LogP contribution in [-0.4, -0.2) is 103 Å². The lowest BCUT2D eigenvalue weighted by molar-refractivity contribution is -0.231. The van der Waals surface area contributed by atoms with Gasteiger partial charge in [0, 0.05) is 6.42 Å². The van der Waals surface area contributed by atoms with Crippen LogP contribution in [0, 0.1) is 0 Å². The third kappa shape index (κ3) is 6.90. The topological polar surface area (TPSA) is 193 Å². The summed E-state index contributed by atoms with van der Waals surface area (Å²) in [6, 6.07) is 8.60. The molecule has 4 aliphatic rings. The summed E-state index contributed by atoms with van der Waals surface area (Å²) < 4.78 is 49.2. The van der Waals surface area contributed by atoms with Crippen molar-refractivity contribution in [3.8, 4) is 0 Å². The molecule has 0 aliphatic carbocycles. The highest BCUT2D eigenvalue weighted by atomic mass is 32.7. The van der Waals surface area contributed by atoms with E-state index in [0.29, 0.717) is 16.7 Å². The second-order valence-corrected chi connectivity index (χ2v) is 15.3. The van der Waals surface area contributed by atoms with Crippen LogP contribution in [0.25, 0.3) is 11.2 Å². The molecule has 4 aliphatic heterocycles. The number of aliphatic hydroxyl groups excluding tert-OH is 1.